The van der Waals surface area contributed by atoms with Crippen LogP contribution in [0.1, 0.15) is 25.8 Å². The quantitative estimate of drug-likeness (QED) is 0.849. The molecule has 2 rings (SSSR count). The molecule has 1 atom stereocenters. The molecular formula is C16H25ClN2O2. The fraction of sp³-hybridized carbons (Fsp3) is 0.562. The highest BCUT2D eigenvalue weighted by molar-refractivity contribution is 5.93. The Kier molecular flexibility index (Phi) is 6.99. The summed E-state index contributed by atoms with van der Waals surface area (Å²) < 4.78 is 5.59. The van der Waals surface area contributed by atoms with E-state index in [9.17, 15) is 4.79 Å². The molecule has 1 saturated heterocycles. The molecule has 0 radical (unpaired) electrons. The van der Waals surface area contributed by atoms with E-state index in [2.05, 4.69) is 17.6 Å². The largest absolute Gasteiger partial charge is 0.494 e. The van der Waals surface area contributed by atoms with Crippen molar-refractivity contribution < 1.29 is 9.53 Å². The minimum absolute atomic E-state index is 0. The zero-order chi connectivity index (χ0) is 14.5. The number of aryl methyl sites for hydroxylation is 1. The van der Waals surface area contributed by atoms with Crippen molar-refractivity contribution in [3.05, 3.63) is 23.8 Å². The summed E-state index contributed by atoms with van der Waals surface area (Å²) in [4.78, 5) is 12.2. The van der Waals surface area contributed by atoms with Crippen molar-refractivity contribution in [3.63, 3.8) is 0 Å². The van der Waals surface area contributed by atoms with Gasteiger partial charge < -0.3 is 15.4 Å². The number of carbonyl (C=O) groups excluding carboxylic acids is 1. The second-order valence-electron chi connectivity index (χ2n) is 5.52. The number of benzene rings is 1. The summed E-state index contributed by atoms with van der Waals surface area (Å²) in [5.74, 6) is 1.47. The van der Waals surface area contributed by atoms with Gasteiger partial charge in [-0.15, -0.1) is 12.4 Å². The number of ether oxygens (including phenoxy) is 1. The van der Waals surface area contributed by atoms with Crippen molar-refractivity contribution in [2.75, 3.05) is 25.0 Å². The zero-order valence-electron chi connectivity index (χ0n) is 12.9. The van der Waals surface area contributed by atoms with Gasteiger partial charge in [-0.3, -0.25) is 4.79 Å². The number of halogens is 1. The van der Waals surface area contributed by atoms with Crippen LogP contribution < -0.4 is 15.4 Å². The Labute approximate surface area is 133 Å². The van der Waals surface area contributed by atoms with Gasteiger partial charge >= 0.3 is 0 Å². The number of hydrogen-bond donors (Lipinski definition) is 2. The van der Waals surface area contributed by atoms with Crippen LogP contribution in [0.25, 0.3) is 0 Å². The lowest BCUT2D eigenvalue weighted by Crippen LogP contribution is -2.48. The Hall–Kier alpha value is -1.26. The van der Waals surface area contributed by atoms with Gasteiger partial charge in [-0.2, -0.15) is 0 Å². The second kappa shape index (κ2) is 8.25. The molecule has 0 saturated carbocycles. The average Bonchev–Trinajstić information content (AvgIpc) is 2.37. The lowest BCUT2D eigenvalue weighted by molar-refractivity contribution is -0.121. The Morgan fingerprint density at radius 1 is 1.48 bits per heavy atom. The van der Waals surface area contributed by atoms with E-state index >= 15 is 0 Å². The van der Waals surface area contributed by atoms with E-state index in [1.165, 1.54) is 0 Å². The Morgan fingerprint density at radius 2 is 2.19 bits per heavy atom. The van der Waals surface area contributed by atoms with Crippen molar-refractivity contribution in [1.82, 2.24) is 5.32 Å². The third-order valence-electron chi connectivity index (χ3n) is 3.86. The van der Waals surface area contributed by atoms with Gasteiger partial charge in [0.05, 0.1) is 6.61 Å². The first-order chi connectivity index (χ1) is 9.61. The highest BCUT2D eigenvalue weighted by atomic mass is 35.5. The minimum Gasteiger partial charge on any atom is -0.494 e. The SMILES string of the molecule is CCCOc1ccc(NC(=O)C(C)C2CNC2)c(C)c1.Cl. The molecule has 1 fully saturated rings. The maximum Gasteiger partial charge on any atom is 0.227 e. The van der Waals surface area contributed by atoms with Crippen LogP contribution >= 0.6 is 12.4 Å². The minimum atomic E-state index is 0. The Bertz CT molecular complexity index is 475. The Balaban J connectivity index is 0.00000220. The van der Waals surface area contributed by atoms with Crippen LogP contribution in [0.15, 0.2) is 18.2 Å². The van der Waals surface area contributed by atoms with Gasteiger partial charge in [-0.05, 0) is 56.1 Å². The molecule has 1 aliphatic rings. The molecule has 1 amide bonds. The van der Waals surface area contributed by atoms with Crippen LogP contribution in [0, 0.1) is 18.8 Å². The lowest BCUT2D eigenvalue weighted by Gasteiger charge is -2.31. The molecule has 0 spiro atoms. The molecule has 1 heterocycles. The van der Waals surface area contributed by atoms with Gasteiger partial charge in [0.15, 0.2) is 0 Å². The number of anilines is 1. The molecule has 5 heteroatoms. The maximum absolute atomic E-state index is 12.2. The van der Waals surface area contributed by atoms with E-state index in [1.807, 2.05) is 32.0 Å². The number of rotatable bonds is 6. The predicted octanol–water partition coefficient (Wildman–Crippen LogP) is 3.00. The second-order valence-corrected chi connectivity index (χ2v) is 5.52. The molecule has 21 heavy (non-hydrogen) atoms. The van der Waals surface area contributed by atoms with E-state index in [-0.39, 0.29) is 24.2 Å². The smallest absolute Gasteiger partial charge is 0.227 e. The van der Waals surface area contributed by atoms with Gasteiger partial charge in [0.1, 0.15) is 5.75 Å². The highest BCUT2D eigenvalue weighted by Crippen LogP contribution is 2.23. The summed E-state index contributed by atoms with van der Waals surface area (Å²) in [5, 5.41) is 6.22. The van der Waals surface area contributed by atoms with Crippen molar-refractivity contribution in [2.45, 2.75) is 27.2 Å². The number of hydrogen-bond acceptors (Lipinski definition) is 3. The molecular weight excluding hydrogens is 288 g/mol. The number of carbonyl (C=O) groups is 1. The van der Waals surface area contributed by atoms with Crippen LogP contribution in [-0.2, 0) is 4.79 Å². The fourth-order valence-corrected chi connectivity index (χ4v) is 2.21. The molecule has 118 valence electrons. The van der Waals surface area contributed by atoms with Crippen LogP contribution in [0.4, 0.5) is 5.69 Å². The van der Waals surface area contributed by atoms with Crippen LogP contribution in [0.2, 0.25) is 0 Å². The van der Waals surface area contributed by atoms with Crippen LogP contribution in [0.5, 0.6) is 5.75 Å². The standard InChI is InChI=1S/C16H24N2O2.ClH/c1-4-7-20-14-5-6-15(11(2)8-14)18-16(19)12(3)13-9-17-10-13;/h5-6,8,12-13,17H,4,7,9-10H2,1-3H3,(H,18,19);1H. The summed E-state index contributed by atoms with van der Waals surface area (Å²) in [6, 6.07) is 5.80. The molecule has 1 unspecified atom stereocenters. The third-order valence-corrected chi connectivity index (χ3v) is 3.86. The maximum atomic E-state index is 12.2. The van der Waals surface area contributed by atoms with Crippen molar-refractivity contribution in [1.29, 1.82) is 0 Å². The van der Waals surface area contributed by atoms with E-state index in [4.69, 9.17) is 4.74 Å². The predicted molar refractivity (Wildman–Crippen MR) is 88.4 cm³/mol. The number of nitrogens with one attached hydrogen (secondary N) is 2. The van der Waals surface area contributed by atoms with Gasteiger partial charge in [-0.25, -0.2) is 0 Å². The zero-order valence-corrected chi connectivity index (χ0v) is 13.8. The molecule has 1 aliphatic heterocycles. The van der Waals surface area contributed by atoms with E-state index in [1.54, 1.807) is 0 Å². The van der Waals surface area contributed by atoms with Crippen molar-refractivity contribution in [3.8, 4) is 5.75 Å². The molecule has 4 nitrogen and oxygen atoms in total. The van der Waals surface area contributed by atoms with E-state index in [0.29, 0.717) is 5.92 Å². The normalized spacial score (nSPS) is 15.6. The molecule has 1 aromatic carbocycles. The van der Waals surface area contributed by atoms with E-state index in [0.717, 1.165) is 43.1 Å². The molecule has 0 aliphatic carbocycles. The van der Waals surface area contributed by atoms with Crippen molar-refractivity contribution in [2.24, 2.45) is 11.8 Å². The van der Waals surface area contributed by atoms with Crippen LogP contribution in [0.3, 0.4) is 0 Å². The summed E-state index contributed by atoms with van der Waals surface area (Å²) in [6.07, 6.45) is 0.991. The first kappa shape index (κ1) is 17.8. The molecule has 1 aromatic rings. The summed E-state index contributed by atoms with van der Waals surface area (Å²) in [6.45, 7) is 8.67. The topological polar surface area (TPSA) is 50.4 Å². The van der Waals surface area contributed by atoms with Gasteiger partial charge in [0.2, 0.25) is 5.91 Å². The van der Waals surface area contributed by atoms with Gasteiger partial charge in [0, 0.05) is 11.6 Å². The molecule has 0 bridgehead atoms. The highest BCUT2D eigenvalue weighted by Gasteiger charge is 2.28. The first-order valence-corrected chi connectivity index (χ1v) is 7.37. The van der Waals surface area contributed by atoms with Gasteiger partial charge in [0.25, 0.3) is 0 Å². The monoisotopic (exact) mass is 312 g/mol. The molecule has 0 aromatic heterocycles. The van der Waals surface area contributed by atoms with E-state index < -0.39 is 0 Å². The summed E-state index contributed by atoms with van der Waals surface area (Å²) in [7, 11) is 0. The number of amides is 1. The van der Waals surface area contributed by atoms with Gasteiger partial charge in [-0.1, -0.05) is 13.8 Å². The first-order valence-electron chi connectivity index (χ1n) is 7.37. The lowest BCUT2D eigenvalue weighted by atomic mass is 9.88. The van der Waals surface area contributed by atoms with Crippen molar-refractivity contribution >= 4 is 24.0 Å². The fourth-order valence-electron chi connectivity index (χ4n) is 2.21. The van der Waals surface area contributed by atoms with Crippen LogP contribution in [-0.4, -0.2) is 25.6 Å². The Morgan fingerprint density at radius 3 is 2.71 bits per heavy atom. The molecule has 2 N–H and O–H groups in total. The summed E-state index contributed by atoms with van der Waals surface area (Å²) >= 11 is 0. The third kappa shape index (κ3) is 4.61. The summed E-state index contributed by atoms with van der Waals surface area (Å²) in [5.41, 5.74) is 1.91. The average molecular weight is 313 g/mol.